The van der Waals surface area contributed by atoms with Gasteiger partial charge in [-0.3, -0.25) is 9.59 Å². The number of carbonyl (C=O) groups excluding carboxylic acids is 2. The number of rotatable bonds is 10. The van der Waals surface area contributed by atoms with Gasteiger partial charge >= 0.3 is 0 Å². The minimum absolute atomic E-state index is 0.0603. The fourth-order valence-corrected chi connectivity index (χ4v) is 2.90. The first kappa shape index (κ1) is 21.7. The standard InChI is InChI=1S/C22H31N3O3/c1-5-8-13-28-22-18(25-20(27)10-7-3)14-17(24-19(26)9-6-2)16-12-11-15(4)23-21(16)22/h11-12,14H,5-10,13H2,1-4H3,(H,24,26)(H,25,27). The van der Waals surface area contributed by atoms with E-state index in [1.807, 2.05) is 32.9 Å². The van der Waals surface area contributed by atoms with Gasteiger partial charge in [0.25, 0.3) is 0 Å². The van der Waals surface area contributed by atoms with E-state index in [-0.39, 0.29) is 11.8 Å². The van der Waals surface area contributed by atoms with E-state index in [0.717, 1.165) is 36.8 Å². The lowest BCUT2D eigenvalue weighted by molar-refractivity contribution is -0.117. The summed E-state index contributed by atoms with van der Waals surface area (Å²) in [5.41, 5.74) is 2.68. The number of hydrogen-bond donors (Lipinski definition) is 2. The highest BCUT2D eigenvalue weighted by molar-refractivity contribution is 6.07. The normalized spacial score (nSPS) is 10.7. The van der Waals surface area contributed by atoms with Crippen molar-refractivity contribution in [2.24, 2.45) is 0 Å². The minimum atomic E-state index is -0.0827. The average Bonchev–Trinajstić information content (AvgIpc) is 2.64. The lowest BCUT2D eigenvalue weighted by atomic mass is 10.1. The molecule has 6 nitrogen and oxygen atoms in total. The summed E-state index contributed by atoms with van der Waals surface area (Å²) in [4.78, 5) is 29.1. The van der Waals surface area contributed by atoms with Crippen LogP contribution in [-0.2, 0) is 9.59 Å². The van der Waals surface area contributed by atoms with Gasteiger partial charge in [0.05, 0.1) is 18.0 Å². The van der Waals surface area contributed by atoms with Crippen molar-refractivity contribution >= 4 is 34.1 Å². The predicted molar refractivity (Wildman–Crippen MR) is 114 cm³/mol. The first-order valence-electron chi connectivity index (χ1n) is 10.2. The van der Waals surface area contributed by atoms with E-state index in [4.69, 9.17) is 4.74 Å². The number of fused-ring (bicyclic) bond motifs is 1. The maximum atomic E-state index is 12.3. The van der Waals surface area contributed by atoms with Gasteiger partial charge in [0.1, 0.15) is 5.52 Å². The van der Waals surface area contributed by atoms with Gasteiger partial charge in [-0.05, 0) is 44.4 Å². The zero-order valence-corrected chi connectivity index (χ0v) is 17.4. The molecule has 2 rings (SSSR count). The van der Waals surface area contributed by atoms with Crippen LogP contribution in [0.15, 0.2) is 18.2 Å². The van der Waals surface area contributed by atoms with Gasteiger partial charge in [-0.2, -0.15) is 0 Å². The van der Waals surface area contributed by atoms with E-state index in [1.54, 1.807) is 6.07 Å². The molecule has 0 bridgehead atoms. The molecular formula is C22H31N3O3. The summed E-state index contributed by atoms with van der Waals surface area (Å²) >= 11 is 0. The molecule has 0 aliphatic heterocycles. The molecule has 0 unspecified atom stereocenters. The molecule has 0 aliphatic rings. The van der Waals surface area contributed by atoms with Crippen LogP contribution in [0, 0.1) is 6.92 Å². The lowest BCUT2D eigenvalue weighted by Crippen LogP contribution is -2.15. The molecule has 2 N–H and O–H groups in total. The Morgan fingerprint density at radius 2 is 1.61 bits per heavy atom. The average molecular weight is 386 g/mol. The van der Waals surface area contributed by atoms with Crippen molar-refractivity contribution < 1.29 is 14.3 Å². The smallest absolute Gasteiger partial charge is 0.224 e. The minimum Gasteiger partial charge on any atom is -0.489 e. The summed E-state index contributed by atoms with van der Waals surface area (Å²) in [6, 6.07) is 5.62. The molecular weight excluding hydrogens is 354 g/mol. The second-order valence-electron chi connectivity index (χ2n) is 6.95. The maximum absolute atomic E-state index is 12.3. The number of hydrogen-bond acceptors (Lipinski definition) is 4. The van der Waals surface area contributed by atoms with Crippen molar-refractivity contribution in [2.45, 2.75) is 66.2 Å². The third-order valence-corrected chi connectivity index (χ3v) is 4.32. The number of aromatic nitrogens is 1. The molecule has 152 valence electrons. The summed E-state index contributed by atoms with van der Waals surface area (Å²) in [6.45, 7) is 8.47. The molecule has 0 aliphatic carbocycles. The Labute approximate surface area is 167 Å². The largest absolute Gasteiger partial charge is 0.489 e. The lowest BCUT2D eigenvalue weighted by Gasteiger charge is -2.18. The third-order valence-electron chi connectivity index (χ3n) is 4.32. The molecule has 0 saturated heterocycles. The van der Waals surface area contributed by atoms with Gasteiger partial charge < -0.3 is 15.4 Å². The van der Waals surface area contributed by atoms with Crippen molar-refractivity contribution in [3.8, 4) is 5.75 Å². The molecule has 1 heterocycles. The van der Waals surface area contributed by atoms with E-state index in [2.05, 4.69) is 22.5 Å². The van der Waals surface area contributed by atoms with Crippen molar-refractivity contribution in [3.63, 3.8) is 0 Å². The zero-order chi connectivity index (χ0) is 20.5. The highest BCUT2D eigenvalue weighted by Gasteiger charge is 2.18. The number of nitrogens with zero attached hydrogens (tertiary/aromatic N) is 1. The van der Waals surface area contributed by atoms with Crippen molar-refractivity contribution in [1.29, 1.82) is 0 Å². The number of anilines is 2. The molecule has 28 heavy (non-hydrogen) atoms. The summed E-state index contributed by atoms with van der Waals surface area (Å²) in [6.07, 6.45) is 4.29. The van der Waals surface area contributed by atoms with Crippen LogP contribution in [0.2, 0.25) is 0 Å². The van der Waals surface area contributed by atoms with Gasteiger partial charge in [-0.25, -0.2) is 4.98 Å². The molecule has 0 radical (unpaired) electrons. The second kappa shape index (κ2) is 10.6. The van der Waals surface area contributed by atoms with E-state index in [1.165, 1.54) is 0 Å². The van der Waals surface area contributed by atoms with Crippen molar-refractivity contribution in [3.05, 3.63) is 23.9 Å². The molecule has 0 fully saturated rings. The Bertz CT molecular complexity index is 833. The Morgan fingerprint density at radius 3 is 2.21 bits per heavy atom. The van der Waals surface area contributed by atoms with Crippen LogP contribution in [0.4, 0.5) is 11.4 Å². The molecule has 2 aromatic rings. The Kier molecular flexibility index (Phi) is 8.23. The maximum Gasteiger partial charge on any atom is 0.224 e. The zero-order valence-electron chi connectivity index (χ0n) is 17.4. The van der Waals surface area contributed by atoms with Gasteiger partial charge in [0.2, 0.25) is 11.8 Å². The summed E-state index contributed by atoms with van der Waals surface area (Å²) in [5, 5.41) is 6.70. The summed E-state index contributed by atoms with van der Waals surface area (Å²) < 4.78 is 6.04. The highest BCUT2D eigenvalue weighted by atomic mass is 16.5. The molecule has 6 heteroatoms. The molecule has 0 atom stereocenters. The Hall–Kier alpha value is -2.63. The molecule has 2 amide bonds. The van der Waals surface area contributed by atoms with Gasteiger partial charge in [0.15, 0.2) is 5.75 Å². The predicted octanol–water partition coefficient (Wildman–Crippen LogP) is 5.20. The number of amides is 2. The van der Waals surface area contributed by atoms with E-state index in [9.17, 15) is 9.59 Å². The van der Waals surface area contributed by atoms with Gasteiger partial charge in [0, 0.05) is 23.9 Å². The number of benzene rings is 1. The number of nitrogens with one attached hydrogen (secondary N) is 2. The summed E-state index contributed by atoms with van der Waals surface area (Å²) in [7, 11) is 0. The van der Waals surface area contributed by atoms with E-state index >= 15 is 0 Å². The molecule has 1 aromatic carbocycles. The van der Waals surface area contributed by atoms with Crippen LogP contribution in [0.1, 0.15) is 65.0 Å². The monoisotopic (exact) mass is 385 g/mol. The van der Waals surface area contributed by atoms with Crippen LogP contribution in [0.25, 0.3) is 10.9 Å². The second-order valence-corrected chi connectivity index (χ2v) is 6.95. The number of carbonyl (C=O) groups is 2. The number of ether oxygens (including phenoxy) is 1. The summed E-state index contributed by atoms with van der Waals surface area (Å²) in [5.74, 6) is 0.417. The topological polar surface area (TPSA) is 80.3 Å². The highest BCUT2D eigenvalue weighted by Crippen LogP contribution is 2.38. The molecule has 0 spiro atoms. The Balaban J connectivity index is 2.57. The molecule has 1 aromatic heterocycles. The van der Waals surface area contributed by atoms with Crippen molar-refractivity contribution in [2.75, 3.05) is 17.2 Å². The van der Waals surface area contributed by atoms with Gasteiger partial charge in [-0.1, -0.05) is 27.2 Å². The fourth-order valence-electron chi connectivity index (χ4n) is 2.90. The van der Waals surface area contributed by atoms with Crippen LogP contribution >= 0.6 is 0 Å². The number of unbranched alkanes of at least 4 members (excludes halogenated alkanes) is 1. The van der Waals surface area contributed by atoms with Crippen LogP contribution in [-0.4, -0.2) is 23.4 Å². The SMILES string of the molecule is CCCCOc1c(NC(=O)CCC)cc(NC(=O)CCC)c2ccc(C)nc12. The molecule has 0 saturated carbocycles. The first-order valence-corrected chi connectivity index (χ1v) is 10.2. The van der Waals surface area contributed by atoms with Crippen molar-refractivity contribution in [1.82, 2.24) is 4.98 Å². The van der Waals surface area contributed by atoms with Gasteiger partial charge in [-0.15, -0.1) is 0 Å². The Morgan fingerprint density at radius 1 is 0.964 bits per heavy atom. The first-order chi connectivity index (χ1) is 13.5. The number of pyridine rings is 1. The van der Waals surface area contributed by atoms with Crippen LogP contribution in [0.3, 0.4) is 0 Å². The third kappa shape index (κ3) is 5.68. The van der Waals surface area contributed by atoms with Crippen LogP contribution < -0.4 is 15.4 Å². The van der Waals surface area contributed by atoms with Crippen LogP contribution in [0.5, 0.6) is 5.75 Å². The quantitative estimate of drug-likeness (QED) is 0.551. The van der Waals surface area contributed by atoms with E-state index in [0.29, 0.717) is 42.1 Å². The number of aryl methyl sites for hydroxylation is 1. The van der Waals surface area contributed by atoms with E-state index < -0.39 is 0 Å². The fraction of sp³-hybridized carbons (Fsp3) is 0.500.